The second-order valence-corrected chi connectivity index (χ2v) is 6.85. The van der Waals surface area contributed by atoms with Crippen molar-refractivity contribution in [3.05, 3.63) is 33.5 Å². The minimum Gasteiger partial charge on any atom is -0.377 e. The van der Waals surface area contributed by atoms with E-state index in [-0.39, 0.29) is 18.1 Å². The Kier molecular flexibility index (Phi) is 6.75. The van der Waals surface area contributed by atoms with Gasteiger partial charge in [-0.1, -0.05) is 6.58 Å². The van der Waals surface area contributed by atoms with Crippen LogP contribution in [-0.4, -0.2) is 29.6 Å². The predicted octanol–water partition coefficient (Wildman–Crippen LogP) is 3.84. The molecule has 1 aromatic heterocycles. The average molecular weight is 346 g/mol. The molecule has 106 valence electrons. The van der Waals surface area contributed by atoms with Crippen LogP contribution < -0.4 is 0 Å². The molecule has 0 aliphatic heterocycles. The standard InChI is InChI=1S/C14H20BrNO2S/c1-5-13(17)16(11(4)9-18-10(2)3)8-12-6-7-19-14(12)15/h5-7,10-11H,1,8-9H2,2-4H3/t11-/m0/s1. The first-order chi connectivity index (χ1) is 8.95. The van der Waals surface area contributed by atoms with Crippen LogP contribution >= 0.6 is 27.3 Å². The third-order valence-corrected chi connectivity index (χ3v) is 4.51. The Morgan fingerprint density at radius 2 is 2.26 bits per heavy atom. The third kappa shape index (κ3) is 5.09. The van der Waals surface area contributed by atoms with E-state index in [4.69, 9.17) is 4.74 Å². The summed E-state index contributed by atoms with van der Waals surface area (Å²) >= 11 is 5.12. The molecular formula is C14H20BrNO2S. The predicted molar refractivity (Wildman–Crippen MR) is 83.3 cm³/mol. The van der Waals surface area contributed by atoms with Gasteiger partial charge in [-0.2, -0.15) is 0 Å². The number of ether oxygens (including phenoxy) is 1. The van der Waals surface area contributed by atoms with E-state index in [2.05, 4.69) is 22.5 Å². The molecule has 1 rings (SSSR count). The van der Waals surface area contributed by atoms with Crippen LogP contribution in [0.3, 0.4) is 0 Å². The molecule has 0 bridgehead atoms. The molecule has 1 amide bonds. The van der Waals surface area contributed by atoms with E-state index in [1.165, 1.54) is 6.08 Å². The van der Waals surface area contributed by atoms with Gasteiger partial charge in [-0.15, -0.1) is 11.3 Å². The molecule has 0 spiro atoms. The van der Waals surface area contributed by atoms with Crippen molar-refractivity contribution in [3.63, 3.8) is 0 Å². The van der Waals surface area contributed by atoms with Gasteiger partial charge in [0.2, 0.25) is 5.91 Å². The maximum atomic E-state index is 12.0. The highest BCUT2D eigenvalue weighted by Crippen LogP contribution is 2.25. The summed E-state index contributed by atoms with van der Waals surface area (Å²) < 4.78 is 6.65. The largest absolute Gasteiger partial charge is 0.377 e. The number of rotatable bonds is 7. The normalized spacial score (nSPS) is 12.5. The quantitative estimate of drug-likeness (QED) is 0.702. The summed E-state index contributed by atoms with van der Waals surface area (Å²) in [5, 5.41) is 2.01. The molecule has 0 aliphatic carbocycles. The zero-order valence-corrected chi connectivity index (χ0v) is 14.0. The third-order valence-electron chi connectivity index (χ3n) is 2.69. The van der Waals surface area contributed by atoms with Crippen molar-refractivity contribution in [3.8, 4) is 0 Å². The maximum absolute atomic E-state index is 12.0. The topological polar surface area (TPSA) is 29.5 Å². The number of amides is 1. The van der Waals surface area contributed by atoms with E-state index in [0.29, 0.717) is 13.2 Å². The van der Waals surface area contributed by atoms with Crippen LogP contribution in [0.25, 0.3) is 0 Å². The lowest BCUT2D eigenvalue weighted by molar-refractivity contribution is -0.130. The summed E-state index contributed by atoms with van der Waals surface area (Å²) in [5.41, 5.74) is 1.11. The lowest BCUT2D eigenvalue weighted by Crippen LogP contribution is -2.40. The summed E-state index contributed by atoms with van der Waals surface area (Å²) in [6, 6.07) is 2.04. The molecule has 0 radical (unpaired) electrons. The summed E-state index contributed by atoms with van der Waals surface area (Å²) in [4.78, 5) is 13.8. The molecule has 5 heteroatoms. The zero-order valence-electron chi connectivity index (χ0n) is 11.6. The number of hydrogen-bond acceptors (Lipinski definition) is 3. The average Bonchev–Trinajstić information content (AvgIpc) is 2.77. The lowest BCUT2D eigenvalue weighted by Gasteiger charge is -2.28. The molecule has 19 heavy (non-hydrogen) atoms. The van der Waals surface area contributed by atoms with Crippen molar-refractivity contribution in [1.82, 2.24) is 4.90 Å². The van der Waals surface area contributed by atoms with Crippen LogP contribution in [0.4, 0.5) is 0 Å². The molecule has 0 fully saturated rings. The summed E-state index contributed by atoms with van der Waals surface area (Å²) in [5.74, 6) is -0.0713. The highest BCUT2D eigenvalue weighted by molar-refractivity contribution is 9.11. The van der Waals surface area contributed by atoms with E-state index in [0.717, 1.165) is 9.35 Å². The minimum absolute atomic E-state index is 0.0136. The Bertz CT molecular complexity index is 431. The van der Waals surface area contributed by atoms with Crippen molar-refractivity contribution in [2.75, 3.05) is 6.61 Å². The van der Waals surface area contributed by atoms with Crippen LogP contribution in [-0.2, 0) is 16.1 Å². The van der Waals surface area contributed by atoms with Crippen molar-refractivity contribution in [1.29, 1.82) is 0 Å². The molecule has 0 unspecified atom stereocenters. The first-order valence-corrected chi connectivity index (χ1v) is 7.89. The second kappa shape index (κ2) is 7.82. The second-order valence-electron chi connectivity index (χ2n) is 4.62. The molecule has 0 saturated carbocycles. The Morgan fingerprint density at radius 3 is 2.74 bits per heavy atom. The number of hydrogen-bond donors (Lipinski definition) is 0. The van der Waals surface area contributed by atoms with E-state index < -0.39 is 0 Å². The highest BCUT2D eigenvalue weighted by atomic mass is 79.9. The fourth-order valence-corrected chi connectivity index (χ4v) is 2.82. The van der Waals surface area contributed by atoms with Crippen molar-refractivity contribution in [2.24, 2.45) is 0 Å². The number of nitrogens with zero attached hydrogens (tertiary/aromatic N) is 1. The van der Waals surface area contributed by atoms with Gasteiger partial charge in [-0.3, -0.25) is 4.79 Å². The van der Waals surface area contributed by atoms with Gasteiger partial charge in [0, 0.05) is 6.54 Å². The molecule has 1 atom stereocenters. The Morgan fingerprint density at radius 1 is 1.58 bits per heavy atom. The van der Waals surface area contributed by atoms with Crippen LogP contribution in [0.2, 0.25) is 0 Å². The molecule has 3 nitrogen and oxygen atoms in total. The monoisotopic (exact) mass is 345 g/mol. The van der Waals surface area contributed by atoms with Crippen LogP contribution in [0, 0.1) is 0 Å². The smallest absolute Gasteiger partial charge is 0.246 e. The summed E-state index contributed by atoms with van der Waals surface area (Å²) in [6.45, 7) is 10.6. The molecule has 1 heterocycles. The van der Waals surface area contributed by atoms with Crippen molar-refractivity contribution < 1.29 is 9.53 Å². The fraction of sp³-hybridized carbons (Fsp3) is 0.500. The number of halogens is 1. The summed E-state index contributed by atoms with van der Waals surface area (Å²) in [6.07, 6.45) is 1.52. The van der Waals surface area contributed by atoms with Gasteiger partial charge in [0.05, 0.1) is 22.5 Å². The molecule has 0 saturated heterocycles. The molecule has 0 N–H and O–H groups in total. The van der Waals surface area contributed by atoms with Crippen LogP contribution in [0.1, 0.15) is 26.3 Å². The molecule has 0 aliphatic rings. The SMILES string of the molecule is C=CC(=O)N(Cc1ccsc1Br)[C@@H](C)COC(C)C. The van der Waals surface area contributed by atoms with E-state index >= 15 is 0 Å². The molecular weight excluding hydrogens is 326 g/mol. The lowest BCUT2D eigenvalue weighted by atomic mass is 10.2. The molecule has 1 aromatic rings. The fourth-order valence-electron chi connectivity index (χ4n) is 1.61. The Balaban J connectivity index is 2.74. The van der Waals surface area contributed by atoms with Gasteiger partial charge in [0.15, 0.2) is 0 Å². The zero-order chi connectivity index (χ0) is 14.4. The first-order valence-electron chi connectivity index (χ1n) is 6.22. The van der Waals surface area contributed by atoms with Gasteiger partial charge in [-0.25, -0.2) is 0 Å². The van der Waals surface area contributed by atoms with Crippen molar-refractivity contribution >= 4 is 33.2 Å². The van der Waals surface area contributed by atoms with Crippen LogP contribution in [0.5, 0.6) is 0 Å². The minimum atomic E-state index is -0.0713. The summed E-state index contributed by atoms with van der Waals surface area (Å²) in [7, 11) is 0. The van der Waals surface area contributed by atoms with Gasteiger partial charge in [0.25, 0.3) is 0 Å². The first kappa shape index (κ1) is 16.4. The highest BCUT2D eigenvalue weighted by Gasteiger charge is 2.20. The van der Waals surface area contributed by atoms with E-state index in [1.807, 2.05) is 32.2 Å². The van der Waals surface area contributed by atoms with Crippen molar-refractivity contribution in [2.45, 2.75) is 39.5 Å². The molecule has 0 aromatic carbocycles. The number of thiophene rings is 1. The number of carbonyl (C=O) groups excluding carboxylic acids is 1. The Labute approximate surface area is 127 Å². The van der Waals surface area contributed by atoms with Gasteiger partial charge in [-0.05, 0) is 59.8 Å². The number of carbonyl (C=O) groups is 1. The van der Waals surface area contributed by atoms with Gasteiger partial charge in [0.1, 0.15) is 0 Å². The maximum Gasteiger partial charge on any atom is 0.246 e. The Hall–Kier alpha value is -0.650. The van der Waals surface area contributed by atoms with Gasteiger partial charge >= 0.3 is 0 Å². The van der Waals surface area contributed by atoms with Gasteiger partial charge < -0.3 is 9.64 Å². The van der Waals surface area contributed by atoms with E-state index in [1.54, 1.807) is 16.2 Å². The van der Waals surface area contributed by atoms with E-state index in [9.17, 15) is 4.79 Å². The van der Waals surface area contributed by atoms with Crippen LogP contribution in [0.15, 0.2) is 27.9 Å².